The second-order valence-electron chi connectivity index (χ2n) is 5.63. The predicted octanol–water partition coefficient (Wildman–Crippen LogP) is 1.77. The van der Waals surface area contributed by atoms with Gasteiger partial charge in [0.15, 0.2) is 0 Å². The molecule has 3 rings (SSSR count). The lowest BCUT2D eigenvalue weighted by molar-refractivity contribution is -0.145. The normalized spacial score (nSPS) is 20.2. The van der Waals surface area contributed by atoms with Gasteiger partial charge in [0.1, 0.15) is 0 Å². The number of carbonyl (C=O) groups is 2. The van der Waals surface area contributed by atoms with Crippen LogP contribution < -0.4 is 5.32 Å². The van der Waals surface area contributed by atoms with Gasteiger partial charge in [-0.25, -0.2) is 4.68 Å². The molecule has 1 aliphatic carbocycles. The summed E-state index contributed by atoms with van der Waals surface area (Å²) >= 11 is 0. The summed E-state index contributed by atoms with van der Waals surface area (Å²) < 4.78 is 1.75. The van der Waals surface area contributed by atoms with Gasteiger partial charge in [-0.15, -0.1) is 0 Å². The molecule has 114 valence electrons. The number of nitrogens with one attached hydrogen (secondary N) is 1. The van der Waals surface area contributed by atoms with Gasteiger partial charge in [0.2, 0.25) is 0 Å². The van der Waals surface area contributed by atoms with Crippen molar-refractivity contribution >= 4 is 11.9 Å². The minimum Gasteiger partial charge on any atom is -0.481 e. The monoisotopic (exact) mass is 299 g/mol. The maximum Gasteiger partial charge on any atom is 0.306 e. The van der Waals surface area contributed by atoms with Crippen LogP contribution in [0.1, 0.15) is 28.8 Å². The first-order valence-corrected chi connectivity index (χ1v) is 7.19. The number of benzene rings is 1. The number of hydrogen-bond acceptors (Lipinski definition) is 3. The number of amides is 1. The number of nitrogens with zero attached hydrogens (tertiary/aromatic N) is 2. The zero-order chi connectivity index (χ0) is 15.7. The zero-order valence-corrected chi connectivity index (χ0v) is 12.2. The molecule has 0 atom stereocenters. The highest BCUT2D eigenvalue weighted by Crippen LogP contribution is 2.27. The lowest BCUT2D eigenvalue weighted by atomic mass is 9.80. The molecule has 0 radical (unpaired) electrons. The molecule has 6 nitrogen and oxygen atoms in total. The van der Waals surface area contributed by atoms with Crippen LogP contribution in [0, 0.1) is 12.8 Å². The summed E-state index contributed by atoms with van der Waals surface area (Å²) in [6.45, 7) is 1.93. The average Bonchev–Trinajstić information content (AvgIpc) is 2.95. The summed E-state index contributed by atoms with van der Waals surface area (Å²) in [5.74, 6) is -1.27. The SMILES string of the molecule is Cc1cc(C(=O)NC2CC(C(=O)O)C2)ccc1-n1cccn1. The number of aryl methyl sites for hydroxylation is 1. The number of aromatic nitrogens is 2. The first kappa shape index (κ1) is 14.3. The Labute approximate surface area is 127 Å². The highest BCUT2D eigenvalue weighted by Gasteiger charge is 2.35. The Balaban J connectivity index is 1.67. The topological polar surface area (TPSA) is 84.2 Å². The molecule has 1 saturated carbocycles. The minimum absolute atomic E-state index is 0.0419. The Morgan fingerprint density at radius 2 is 2.14 bits per heavy atom. The van der Waals surface area contributed by atoms with E-state index < -0.39 is 5.97 Å². The fourth-order valence-electron chi connectivity index (χ4n) is 2.67. The van der Waals surface area contributed by atoms with Gasteiger partial charge in [0, 0.05) is 24.0 Å². The Kier molecular flexibility index (Phi) is 3.66. The molecule has 1 fully saturated rings. The Morgan fingerprint density at radius 1 is 1.36 bits per heavy atom. The van der Waals surface area contributed by atoms with Crippen molar-refractivity contribution in [2.75, 3.05) is 0 Å². The second-order valence-corrected chi connectivity index (χ2v) is 5.63. The van der Waals surface area contributed by atoms with Crippen molar-refractivity contribution < 1.29 is 14.7 Å². The van der Waals surface area contributed by atoms with Crippen molar-refractivity contribution in [2.45, 2.75) is 25.8 Å². The summed E-state index contributed by atoms with van der Waals surface area (Å²) in [4.78, 5) is 23.0. The van der Waals surface area contributed by atoms with E-state index in [1.807, 2.05) is 31.3 Å². The maximum atomic E-state index is 12.2. The molecular formula is C16H17N3O3. The van der Waals surface area contributed by atoms with Gasteiger partial charge in [-0.3, -0.25) is 9.59 Å². The van der Waals surface area contributed by atoms with Gasteiger partial charge >= 0.3 is 5.97 Å². The lowest BCUT2D eigenvalue weighted by Crippen LogP contribution is -2.46. The summed E-state index contributed by atoms with van der Waals surface area (Å²) in [5.41, 5.74) is 2.46. The van der Waals surface area contributed by atoms with E-state index in [-0.39, 0.29) is 17.9 Å². The van der Waals surface area contributed by atoms with Gasteiger partial charge in [-0.2, -0.15) is 5.10 Å². The smallest absolute Gasteiger partial charge is 0.306 e. The van der Waals surface area contributed by atoms with Gasteiger partial charge in [0.05, 0.1) is 11.6 Å². The molecule has 6 heteroatoms. The molecule has 22 heavy (non-hydrogen) atoms. The largest absolute Gasteiger partial charge is 0.481 e. The Hall–Kier alpha value is -2.63. The molecule has 0 saturated heterocycles. The van der Waals surface area contributed by atoms with Crippen LogP contribution in [0.2, 0.25) is 0 Å². The molecule has 1 amide bonds. The quantitative estimate of drug-likeness (QED) is 0.901. The highest BCUT2D eigenvalue weighted by atomic mass is 16.4. The van der Waals surface area contributed by atoms with E-state index in [4.69, 9.17) is 5.11 Å². The molecule has 2 N–H and O–H groups in total. The molecule has 1 heterocycles. The van der Waals surface area contributed by atoms with Crippen molar-refractivity contribution in [3.63, 3.8) is 0 Å². The van der Waals surface area contributed by atoms with Gasteiger partial charge in [-0.1, -0.05) is 0 Å². The fraction of sp³-hybridized carbons (Fsp3) is 0.312. The summed E-state index contributed by atoms with van der Waals surface area (Å²) in [7, 11) is 0. The fourth-order valence-corrected chi connectivity index (χ4v) is 2.67. The van der Waals surface area contributed by atoms with Gasteiger partial charge in [-0.05, 0) is 49.6 Å². The van der Waals surface area contributed by atoms with Crippen molar-refractivity contribution in [1.82, 2.24) is 15.1 Å². The van der Waals surface area contributed by atoms with Crippen molar-refractivity contribution in [1.29, 1.82) is 0 Å². The van der Waals surface area contributed by atoms with Crippen molar-refractivity contribution in [3.8, 4) is 5.69 Å². The third-order valence-electron chi connectivity index (χ3n) is 4.03. The molecule has 1 aromatic carbocycles. The van der Waals surface area contributed by atoms with Crippen LogP contribution in [0.5, 0.6) is 0 Å². The highest BCUT2D eigenvalue weighted by molar-refractivity contribution is 5.95. The minimum atomic E-state index is -0.787. The summed E-state index contributed by atoms with van der Waals surface area (Å²) in [5, 5.41) is 15.9. The van der Waals surface area contributed by atoms with Crippen molar-refractivity contribution in [2.24, 2.45) is 5.92 Å². The third kappa shape index (κ3) is 2.72. The molecule has 2 aromatic rings. The number of carboxylic acid groups (broad SMARTS) is 1. The number of carbonyl (C=O) groups excluding carboxylic acids is 1. The Bertz CT molecular complexity index is 703. The molecule has 0 spiro atoms. The Morgan fingerprint density at radius 3 is 2.73 bits per heavy atom. The van der Waals surface area contributed by atoms with Crippen LogP contribution in [-0.4, -0.2) is 32.8 Å². The van der Waals surface area contributed by atoms with E-state index in [1.54, 1.807) is 16.9 Å². The van der Waals surface area contributed by atoms with Crippen molar-refractivity contribution in [3.05, 3.63) is 47.8 Å². The second kappa shape index (κ2) is 5.63. The van der Waals surface area contributed by atoms with E-state index in [0.29, 0.717) is 18.4 Å². The number of aliphatic carboxylic acids is 1. The zero-order valence-electron chi connectivity index (χ0n) is 12.2. The number of carboxylic acids is 1. The molecule has 0 aliphatic heterocycles. The van der Waals surface area contributed by atoms with Crippen LogP contribution in [0.15, 0.2) is 36.7 Å². The molecule has 1 aliphatic rings. The van der Waals surface area contributed by atoms with Crippen LogP contribution in [-0.2, 0) is 4.79 Å². The maximum absolute atomic E-state index is 12.2. The van der Waals surface area contributed by atoms with E-state index in [2.05, 4.69) is 10.4 Å². The van der Waals surface area contributed by atoms with Crippen LogP contribution >= 0.6 is 0 Å². The number of rotatable bonds is 4. The first-order valence-electron chi connectivity index (χ1n) is 7.19. The van der Waals surface area contributed by atoms with Gasteiger partial charge < -0.3 is 10.4 Å². The van der Waals surface area contributed by atoms with Crippen LogP contribution in [0.3, 0.4) is 0 Å². The first-order chi connectivity index (χ1) is 10.5. The van der Waals surface area contributed by atoms with Gasteiger partial charge in [0.25, 0.3) is 5.91 Å². The summed E-state index contributed by atoms with van der Waals surface area (Å²) in [6, 6.07) is 7.24. The molecule has 0 bridgehead atoms. The molecule has 1 aromatic heterocycles. The molecular weight excluding hydrogens is 282 g/mol. The average molecular weight is 299 g/mol. The molecule has 0 unspecified atom stereocenters. The predicted molar refractivity (Wildman–Crippen MR) is 79.9 cm³/mol. The van der Waals surface area contributed by atoms with Crippen LogP contribution in [0.25, 0.3) is 5.69 Å². The third-order valence-corrected chi connectivity index (χ3v) is 4.03. The van der Waals surface area contributed by atoms with E-state index in [1.165, 1.54) is 0 Å². The van der Waals surface area contributed by atoms with E-state index >= 15 is 0 Å². The van der Waals surface area contributed by atoms with E-state index in [9.17, 15) is 9.59 Å². The number of hydrogen-bond donors (Lipinski definition) is 2. The standard InChI is InChI=1S/C16H17N3O3/c1-10-7-11(3-4-14(10)19-6-2-5-17-19)15(20)18-13-8-12(9-13)16(21)22/h2-7,12-13H,8-9H2,1H3,(H,18,20)(H,21,22). The summed E-state index contributed by atoms with van der Waals surface area (Å²) in [6.07, 6.45) is 4.56. The van der Waals surface area contributed by atoms with Crippen LogP contribution in [0.4, 0.5) is 0 Å². The lowest BCUT2D eigenvalue weighted by Gasteiger charge is -2.32. The van der Waals surface area contributed by atoms with E-state index in [0.717, 1.165) is 11.3 Å².